The molecule has 1 saturated carbocycles. The number of aromatic nitrogens is 3. The molecule has 0 unspecified atom stereocenters. The molecule has 1 aliphatic heterocycles. The maximum absolute atomic E-state index is 14.1. The van der Waals surface area contributed by atoms with Crippen LogP contribution in [0.5, 0.6) is 0 Å². The molecule has 1 N–H and O–H groups in total. The summed E-state index contributed by atoms with van der Waals surface area (Å²) in [7, 11) is -1.60. The average Bonchev–Trinajstić information content (AvgIpc) is 3.23. The first kappa shape index (κ1) is 26.0. The van der Waals surface area contributed by atoms with Gasteiger partial charge in [-0.15, -0.1) is 28.2 Å². The van der Waals surface area contributed by atoms with E-state index < -0.39 is 8.07 Å². The minimum atomic E-state index is -1.60. The number of fused-ring (bicyclic) bond motifs is 2. The lowest BCUT2D eigenvalue weighted by Gasteiger charge is -2.27. The molecule has 3 atom stereocenters. The molecule has 1 saturated heterocycles. The van der Waals surface area contributed by atoms with Crippen molar-refractivity contribution in [2.45, 2.75) is 46.0 Å². The van der Waals surface area contributed by atoms with E-state index in [0.717, 1.165) is 27.4 Å². The number of hydrogen-bond acceptors (Lipinski definition) is 6. The molecule has 1 aromatic carbocycles. The van der Waals surface area contributed by atoms with Gasteiger partial charge in [0.15, 0.2) is 9.97 Å². The Morgan fingerprint density at radius 3 is 2.79 bits per heavy atom. The van der Waals surface area contributed by atoms with Crippen LogP contribution in [0.2, 0.25) is 19.6 Å². The predicted molar refractivity (Wildman–Crippen MR) is 159 cm³/mol. The Balaban J connectivity index is 1.28. The van der Waals surface area contributed by atoms with E-state index in [2.05, 4.69) is 60.5 Å². The zero-order chi connectivity index (χ0) is 27.5. The van der Waals surface area contributed by atoms with Crippen LogP contribution in [-0.4, -0.2) is 58.3 Å². The lowest BCUT2D eigenvalue weighted by molar-refractivity contribution is 0.0690. The highest BCUT2D eigenvalue weighted by molar-refractivity contribution is 7.16. The third kappa shape index (κ3) is 5.06. The van der Waals surface area contributed by atoms with Gasteiger partial charge in [-0.2, -0.15) is 0 Å². The van der Waals surface area contributed by atoms with E-state index in [1.807, 2.05) is 39.9 Å². The van der Waals surface area contributed by atoms with Gasteiger partial charge in [0.1, 0.15) is 19.5 Å². The third-order valence-electron chi connectivity index (χ3n) is 7.34. The maximum Gasteiger partial charge on any atom is 0.274 e. The number of benzene rings is 1. The van der Waals surface area contributed by atoms with Crippen molar-refractivity contribution in [2.24, 2.45) is 11.8 Å². The number of aryl methyl sites for hydroxylation is 2. The topological polar surface area (TPSA) is 79.6 Å². The van der Waals surface area contributed by atoms with E-state index in [9.17, 15) is 9.59 Å². The van der Waals surface area contributed by atoms with Gasteiger partial charge in [-0.1, -0.05) is 49.5 Å². The fourth-order valence-electron chi connectivity index (χ4n) is 5.39. The molecule has 7 nitrogen and oxygen atoms in total. The van der Waals surface area contributed by atoms with Crippen LogP contribution < -0.4 is 5.32 Å². The number of rotatable bonds is 5. The van der Waals surface area contributed by atoms with Crippen molar-refractivity contribution < 1.29 is 9.59 Å². The zero-order valence-corrected chi connectivity index (χ0v) is 25.4. The highest BCUT2D eigenvalue weighted by Crippen LogP contribution is 2.50. The molecule has 10 heteroatoms. The third-order valence-corrected chi connectivity index (χ3v) is 9.99. The molecule has 39 heavy (non-hydrogen) atoms. The number of carbonyl (C=O) groups is 2. The smallest absolute Gasteiger partial charge is 0.274 e. The largest absolute Gasteiger partial charge is 0.349 e. The van der Waals surface area contributed by atoms with Crippen LogP contribution in [0.15, 0.2) is 35.8 Å². The molecule has 4 heterocycles. The van der Waals surface area contributed by atoms with Crippen molar-refractivity contribution in [3.05, 3.63) is 63.5 Å². The summed E-state index contributed by atoms with van der Waals surface area (Å²) in [5, 5.41) is 5.72. The molecular weight excluding hydrogens is 543 g/mol. The number of imidazole rings is 1. The van der Waals surface area contributed by atoms with E-state index in [4.69, 9.17) is 4.98 Å². The van der Waals surface area contributed by atoms with E-state index in [-0.39, 0.29) is 17.9 Å². The van der Waals surface area contributed by atoms with Gasteiger partial charge in [-0.25, -0.2) is 9.97 Å². The number of amides is 2. The number of hydrogen-bond donors (Lipinski definition) is 1. The molecule has 4 aromatic rings. The van der Waals surface area contributed by atoms with Crippen LogP contribution in [0.3, 0.4) is 0 Å². The minimum Gasteiger partial charge on any atom is -0.349 e. The molecule has 2 amide bonds. The fourth-order valence-corrected chi connectivity index (χ4v) is 7.64. The molecule has 2 fully saturated rings. The Kier molecular flexibility index (Phi) is 6.48. The number of thiazole rings is 2. The molecule has 1 aliphatic carbocycles. The number of nitrogens with zero attached hydrogens (tertiary/aromatic N) is 4. The number of piperidine rings is 1. The lowest BCUT2D eigenvalue weighted by Crippen LogP contribution is -2.46. The Morgan fingerprint density at radius 2 is 2.03 bits per heavy atom. The summed E-state index contributed by atoms with van der Waals surface area (Å²) in [6, 6.07) is 8.14. The van der Waals surface area contributed by atoms with Crippen molar-refractivity contribution in [3.8, 4) is 21.9 Å². The second kappa shape index (κ2) is 9.73. The summed E-state index contributed by atoms with van der Waals surface area (Å²) in [6.07, 6.45) is 2.97. The molecule has 0 radical (unpaired) electrons. The number of nitrogens with one attached hydrogen (secondary N) is 1. The molecule has 6 rings (SSSR count). The molecule has 0 spiro atoms. The lowest BCUT2D eigenvalue weighted by atomic mass is 10.1. The zero-order valence-electron chi connectivity index (χ0n) is 22.7. The summed E-state index contributed by atoms with van der Waals surface area (Å²) < 4.78 is 1.83. The van der Waals surface area contributed by atoms with Gasteiger partial charge in [0, 0.05) is 24.7 Å². The first-order valence-corrected chi connectivity index (χ1v) is 18.4. The van der Waals surface area contributed by atoms with Crippen molar-refractivity contribution in [1.29, 1.82) is 0 Å². The van der Waals surface area contributed by atoms with Crippen LogP contribution in [0, 0.1) is 37.1 Å². The summed E-state index contributed by atoms with van der Waals surface area (Å²) >= 11 is 3.00. The van der Waals surface area contributed by atoms with Crippen LogP contribution in [0.4, 0.5) is 0 Å². The Hall–Kier alpha value is -3.26. The molecule has 200 valence electrons. The number of carbonyl (C=O) groups excluding carboxylic acids is 2. The van der Waals surface area contributed by atoms with Gasteiger partial charge in [-0.05, 0) is 43.6 Å². The maximum atomic E-state index is 14.1. The molecule has 2 aliphatic rings. The second-order valence-electron chi connectivity index (χ2n) is 11.6. The van der Waals surface area contributed by atoms with E-state index in [1.54, 1.807) is 0 Å². The van der Waals surface area contributed by atoms with E-state index >= 15 is 0 Å². The summed E-state index contributed by atoms with van der Waals surface area (Å²) in [4.78, 5) is 40.2. The normalized spacial score (nSPS) is 20.0. The van der Waals surface area contributed by atoms with Crippen LogP contribution in [0.1, 0.15) is 43.7 Å². The van der Waals surface area contributed by atoms with Gasteiger partial charge >= 0.3 is 0 Å². The molecular formula is C29H31N5O2S2Si. The highest BCUT2D eigenvalue weighted by Gasteiger charge is 2.54. The Labute approximate surface area is 237 Å². The Bertz CT molecular complexity index is 1670. The molecule has 0 bridgehead atoms. The standard InChI is InChI=1S/C29H31N5O2S2Si/c1-17-7-6-8-19(13-17)26-24(32-23(38-26)9-12-39(3,4)5)28(36)34-16-20-14-21(20)22(34)15-30-27(35)25-18(2)31-29-33(25)10-11-37-29/h6-8,10-11,13,20-22H,14-16H2,1-5H3,(H,30,35)/t20-,21-,22-/m1/s1. The van der Waals surface area contributed by atoms with Crippen LogP contribution >= 0.6 is 22.7 Å². The first-order chi connectivity index (χ1) is 18.6. The average molecular weight is 574 g/mol. The minimum absolute atomic E-state index is 0.0544. The first-order valence-electron chi connectivity index (χ1n) is 13.2. The Morgan fingerprint density at radius 1 is 1.21 bits per heavy atom. The van der Waals surface area contributed by atoms with Gasteiger partial charge in [0.05, 0.1) is 16.6 Å². The van der Waals surface area contributed by atoms with Crippen molar-refractivity contribution in [3.63, 3.8) is 0 Å². The van der Waals surface area contributed by atoms with Gasteiger partial charge in [-0.3, -0.25) is 14.0 Å². The van der Waals surface area contributed by atoms with Crippen molar-refractivity contribution in [1.82, 2.24) is 24.6 Å². The quantitative estimate of drug-likeness (QED) is 0.261. The monoisotopic (exact) mass is 573 g/mol. The summed E-state index contributed by atoms with van der Waals surface area (Å²) in [5.74, 6) is 3.93. The SMILES string of the molecule is Cc1cccc(-c2sc(C#C[Si](C)(C)C)nc2C(=O)N2C[C@H]3C[C@H]3[C@H]2CNC(=O)c2c(C)nc3sccn23)c1. The summed E-state index contributed by atoms with van der Waals surface area (Å²) in [5.41, 5.74) is 7.24. The number of likely N-dealkylation sites (tertiary alicyclic amines) is 1. The summed E-state index contributed by atoms with van der Waals surface area (Å²) in [6.45, 7) is 11.6. The molecule has 3 aromatic heterocycles. The van der Waals surface area contributed by atoms with Crippen molar-refractivity contribution in [2.75, 3.05) is 13.1 Å². The van der Waals surface area contributed by atoms with Crippen molar-refractivity contribution >= 4 is 47.5 Å². The van der Waals surface area contributed by atoms with Gasteiger partial charge in [0.25, 0.3) is 11.8 Å². The van der Waals surface area contributed by atoms with E-state index in [1.165, 1.54) is 22.7 Å². The van der Waals surface area contributed by atoms with Crippen LogP contribution in [0.25, 0.3) is 15.4 Å². The van der Waals surface area contributed by atoms with Crippen LogP contribution in [-0.2, 0) is 0 Å². The van der Waals surface area contributed by atoms with E-state index in [0.29, 0.717) is 47.0 Å². The highest BCUT2D eigenvalue weighted by atomic mass is 32.1. The second-order valence-corrected chi connectivity index (χ2v) is 18.2. The predicted octanol–water partition coefficient (Wildman–Crippen LogP) is 5.26. The van der Waals surface area contributed by atoms with Gasteiger partial charge in [0.2, 0.25) is 0 Å². The van der Waals surface area contributed by atoms with Gasteiger partial charge < -0.3 is 10.2 Å². The fraction of sp³-hybridized carbons (Fsp3) is 0.379.